The first-order valence-corrected chi connectivity index (χ1v) is 9.02. The Morgan fingerprint density at radius 2 is 2.04 bits per heavy atom. The number of rotatable bonds is 7. The van der Waals surface area contributed by atoms with Gasteiger partial charge in [0.2, 0.25) is 15.9 Å². The van der Waals surface area contributed by atoms with Gasteiger partial charge in [0.1, 0.15) is 6.04 Å². The average Bonchev–Trinajstić information content (AvgIpc) is 3.09. The Hall–Kier alpha value is -1.84. The number of ether oxygens (including phenoxy) is 2. The molecule has 24 heavy (non-hydrogen) atoms. The number of aliphatic hydroxyl groups is 1. The van der Waals surface area contributed by atoms with Gasteiger partial charge in [0, 0.05) is 19.2 Å². The van der Waals surface area contributed by atoms with Crippen molar-refractivity contribution in [3.63, 3.8) is 0 Å². The predicted octanol–water partition coefficient (Wildman–Crippen LogP) is -0.0346. The van der Waals surface area contributed by atoms with Crippen molar-refractivity contribution in [3.8, 4) is 11.5 Å². The van der Waals surface area contributed by atoms with Crippen LogP contribution in [0.5, 0.6) is 11.5 Å². The maximum absolute atomic E-state index is 12.9. The number of carbonyl (C=O) groups is 1. The van der Waals surface area contributed by atoms with Crippen LogP contribution >= 0.6 is 0 Å². The maximum Gasteiger partial charge on any atom is 0.243 e. The van der Waals surface area contributed by atoms with Crippen LogP contribution in [-0.4, -0.2) is 63.7 Å². The third-order valence-electron chi connectivity index (χ3n) is 3.88. The summed E-state index contributed by atoms with van der Waals surface area (Å²) >= 11 is 0. The Balaban J connectivity index is 2.30. The normalized spacial score (nSPS) is 18.4. The minimum atomic E-state index is -3.84. The van der Waals surface area contributed by atoms with E-state index in [0.717, 1.165) is 0 Å². The first kappa shape index (κ1) is 18.5. The van der Waals surface area contributed by atoms with Gasteiger partial charge in [-0.05, 0) is 25.0 Å². The number of methoxy groups -OCH3 is 2. The van der Waals surface area contributed by atoms with Gasteiger partial charge in [-0.1, -0.05) is 0 Å². The van der Waals surface area contributed by atoms with Crippen molar-refractivity contribution < 1.29 is 27.8 Å². The molecule has 1 heterocycles. The number of nitrogens with zero attached hydrogens (tertiary/aromatic N) is 1. The predicted molar refractivity (Wildman–Crippen MR) is 86.6 cm³/mol. The number of hydrogen-bond donors (Lipinski definition) is 2. The first-order valence-electron chi connectivity index (χ1n) is 7.58. The maximum atomic E-state index is 12.9. The molecular weight excluding hydrogens is 336 g/mol. The number of nitrogens with one attached hydrogen (secondary N) is 1. The van der Waals surface area contributed by atoms with E-state index in [1.807, 2.05) is 0 Å². The number of sulfonamides is 1. The number of aliphatic hydroxyl groups excluding tert-OH is 1. The van der Waals surface area contributed by atoms with Crippen molar-refractivity contribution in [1.82, 2.24) is 9.62 Å². The van der Waals surface area contributed by atoms with Crippen molar-refractivity contribution in [1.29, 1.82) is 0 Å². The van der Waals surface area contributed by atoms with Crippen molar-refractivity contribution in [2.45, 2.75) is 23.8 Å². The minimum Gasteiger partial charge on any atom is -0.493 e. The summed E-state index contributed by atoms with van der Waals surface area (Å²) in [5.41, 5.74) is 0. The zero-order valence-corrected chi connectivity index (χ0v) is 14.5. The molecule has 1 saturated heterocycles. The van der Waals surface area contributed by atoms with E-state index in [1.165, 1.54) is 36.7 Å². The zero-order chi connectivity index (χ0) is 17.7. The molecule has 0 aromatic heterocycles. The molecule has 0 aliphatic carbocycles. The Labute approximate surface area is 141 Å². The quantitative estimate of drug-likeness (QED) is 0.709. The van der Waals surface area contributed by atoms with Crippen LogP contribution in [-0.2, 0) is 14.8 Å². The van der Waals surface area contributed by atoms with Crippen LogP contribution in [0.2, 0.25) is 0 Å². The second-order valence-corrected chi connectivity index (χ2v) is 7.20. The van der Waals surface area contributed by atoms with E-state index in [4.69, 9.17) is 14.6 Å². The molecule has 0 radical (unpaired) electrons. The number of benzene rings is 1. The summed E-state index contributed by atoms with van der Waals surface area (Å²) < 4.78 is 37.2. The molecule has 134 valence electrons. The fourth-order valence-corrected chi connectivity index (χ4v) is 4.37. The van der Waals surface area contributed by atoms with Crippen LogP contribution in [0.15, 0.2) is 23.1 Å². The Bertz CT molecular complexity index is 691. The van der Waals surface area contributed by atoms with E-state index >= 15 is 0 Å². The van der Waals surface area contributed by atoms with E-state index in [9.17, 15) is 13.2 Å². The van der Waals surface area contributed by atoms with Crippen LogP contribution in [0.1, 0.15) is 12.8 Å². The highest BCUT2D eigenvalue weighted by molar-refractivity contribution is 7.89. The summed E-state index contributed by atoms with van der Waals surface area (Å²) in [5, 5.41) is 11.3. The van der Waals surface area contributed by atoms with E-state index in [-0.39, 0.29) is 24.6 Å². The lowest BCUT2D eigenvalue weighted by molar-refractivity contribution is -0.124. The first-order chi connectivity index (χ1) is 11.5. The van der Waals surface area contributed by atoms with Crippen LogP contribution < -0.4 is 14.8 Å². The summed E-state index contributed by atoms with van der Waals surface area (Å²) in [6.07, 6.45) is 1.05. The lowest BCUT2D eigenvalue weighted by Gasteiger charge is -2.23. The summed E-state index contributed by atoms with van der Waals surface area (Å²) in [4.78, 5) is 12.2. The highest BCUT2D eigenvalue weighted by Gasteiger charge is 2.39. The van der Waals surface area contributed by atoms with E-state index in [0.29, 0.717) is 24.3 Å². The Kier molecular flexibility index (Phi) is 6.03. The molecule has 0 spiro atoms. The van der Waals surface area contributed by atoms with E-state index < -0.39 is 22.0 Å². The lowest BCUT2D eigenvalue weighted by Crippen LogP contribution is -2.46. The van der Waals surface area contributed by atoms with Gasteiger partial charge in [-0.3, -0.25) is 4.79 Å². The smallest absolute Gasteiger partial charge is 0.243 e. The molecule has 0 bridgehead atoms. The van der Waals surface area contributed by atoms with Crippen molar-refractivity contribution in [2.24, 2.45) is 0 Å². The largest absolute Gasteiger partial charge is 0.493 e. The number of amides is 1. The monoisotopic (exact) mass is 358 g/mol. The highest BCUT2D eigenvalue weighted by Crippen LogP contribution is 2.32. The molecule has 1 atom stereocenters. The van der Waals surface area contributed by atoms with Crippen LogP contribution in [0.25, 0.3) is 0 Å². The van der Waals surface area contributed by atoms with Crippen LogP contribution in [0, 0.1) is 0 Å². The van der Waals surface area contributed by atoms with Gasteiger partial charge in [0.25, 0.3) is 0 Å². The third-order valence-corrected chi connectivity index (χ3v) is 5.78. The molecule has 1 aromatic rings. The minimum absolute atomic E-state index is 0.0435. The van der Waals surface area contributed by atoms with Gasteiger partial charge in [-0.15, -0.1) is 0 Å². The van der Waals surface area contributed by atoms with Crippen LogP contribution in [0.4, 0.5) is 0 Å². The summed E-state index contributed by atoms with van der Waals surface area (Å²) in [5.74, 6) is 0.333. The van der Waals surface area contributed by atoms with Gasteiger partial charge in [-0.2, -0.15) is 4.31 Å². The number of hydrogen-bond acceptors (Lipinski definition) is 6. The SMILES string of the molecule is COc1ccc(S(=O)(=O)N2CCCC2C(=O)NCCO)cc1OC. The molecule has 1 unspecified atom stereocenters. The standard InChI is InChI=1S/C15H22N2O6S/c1-22-13-6-5-11(10-14(13)23-2)24(20,21)17-8-3-4-12(17)15(19)16-7-9-18/h5-6,10,12,18H,3-4,7-9H2,1-2H3,(H,16,19). The molecule has 2 rings (SSSR count). The Morgan fingerprint density at radius 1 is 1.33 bits per heavy atom. The number of carbonyl (C=O) groups excluding carboxylic acids is 1. The second kappa shape index (κ2) is 7.82. The molecule has 2 N–H and O–H groups in total. The molecule has 1 amide bonds. The zero-order valence-electron chi connectivity index (χ0n) is 13.7. The summed E-state index contributed by atoms with van der Waals surface area (Å²) in [6.45, 7) is 0.175. The van der Waals surface area contributed by atoms with E-state index in [2.05, 4.69) is 5.32 Å². The molecule has 1 aromatic carbocycles. The van der Waals surface area contributed by atoms with Gasteiger partial charge in [0.05, 0.1) is 25.7 Å². The topological polar surface area (TPSA) is 105 Å². The third kappa shape index (κ3) is 3.63. The van der Waals surface area contributed by atoms with E-state index in [1.54, 1.807) is 0 Å². The van der Waals surface area contributed by atoms with Crippen molar-refractivity contribution >= 4 is 15.9 Å². The molecule has 0 saturated carbocycles. The highest BCUT2D eigenvalue weighted by atomic mass is 32.2. The average molecular weight is 358 g/mol. The molecular formula is C15H22N2O6S. The Morgan fingerprint density at radius 3 is 2.67 bits per heavy atom. The van der Waals surface area contributed by atoms with Gasteiger partial charge < -0.3 is 19.9 Å². The second-order valence-electron chi connectivity index (χ2n) is 5.31. The van der Waals surface area contributed by atoms with Gasteiger partial charge in [0.15, 0.2) is 11.5 Å². The van der Waals surface area contributed by atoms with Gasteiger partial charge >= 0.3 is 0 Å². The van der Waals surface area contributed by atoms with Crippen LogP contribution in [0.3, 0.4) is 0 Å². The molecule has 1 aliphatic heterocycles. The molecule has 8 nitrogen and oxygen atoms in total. The molecule has 1 fully saturated rings. The summed E-state index contributed by atoms with van der Waals surface area (Å²) in [7, 11) is -0.949. The summed E-state index contributed by atoms with van der Waals surface area (Å²) in [6, 6.07) is 3.56. The molecule has 1 aliphatic rings. The van der Waals surface area contributed by atoms with Gasteiger partial charge in [-0.25, -0.2) is 8.42 Å². The fraction of sp³-hybridized carbons (Fsp3) is 0.533. The molecule has 9 heteroatoms. The lowest BCUT2D eigenvalue weighted by atomic mass is 10.2. The van der Waals surface area contributed by atoms with Crippen molar-refractivity contribution in [3.05, 3.63) is 18.2 Å². The fourth-order valence-electron chi connectivity index (χ4n) is 2.70. The van der Waals surface area contributed by atoms with Crippen molar-refractivity contribution in [2.75, 3.05) is 33.9 Å².